The first-order chi connectivity index (χ1) is 4.43. The van der Waals surface area contributed by atoms with Gasteiger partial charge in [0.2, 0.25) is 0 Å². The van der Waals surface area contributed by atoms with Crippen molar-refractivity contribution in [1.29, 1.82) is 5.26 Å². The number of nitrogens with zero attached hydrogens (tertiary/aromatic N) is 1. The Morgan fingerprint density at radius 2 is 2.44 bits per heavy atom. The van der Waals surface area contributed by atoms with Gasteiger partial charge in [0, 0.05) is 0 Å². The molecule has 1 aromatic rings. The van der Waals surface area contributed by atoms with Crippen molar-refractivity contribution in [2.45, 2.75) is 0 Å². The fourth-order valence-corrected chi connectivity index (χ4v) is 0.812. The predicted octanol–water partition coefficient (Wildman–Crippen LogP) is 2.11. The van der Waals surface area contributed by atoms with Crippen LogP contribution in [0, 0.1) is 17.4 Å². The third-order valence-corrected chi connectivity index (χ3v) is 1.21. The molecule has 0 aliphatic carbocycles. The quantitative estimate of drug-likeness (QED) is 0.474. The Hall–Kier alpha value is 0.103. The molecule has 42 valence electrons. The van der Waals surface area contributed by atoms with Crippen LogP contribution >= 0.6 is 21.0 Å². The van der Waals surface area contributed by atoms with Crippen LogP contribution in [0.25, 0.3) is 0 Å². The predicted molar refractivity (Wildman–Crippen MR) is 33.7 cm³/mol. The molecule has 0 atom stereocenters. The molecule has 0 saturated carbocycles. The topological polar surface area (TPSA) is 23.8 Å². The van der Waals surface area contributed by atoms with Gasteiger partial charge in [-0.05, 0) is 0 Å². The van der Waals surface area contributed by atoms with Crippen molar-refractivity contribution in [3.63, 3.8) is 0 Å². The molecular weight excluding hydrogens is 207 g/mol. The number of nitriles is 1. The second-order valence-electron chi connectivity index (χ2n) is 1.04. The molecule has 0 saturated heterocycles. The van der Waals surface area contributed by atoms with Crippen molar-refractivity contribution < 1.29 is 17.3 Å². The summed E-state index contributed by atoms with van der Waals surface area (Å²) >= 11 is 2.33. The van der Waals surface area contributed by atoms with E-state index < -0.39 is 0 Å². The number of hydrogen-bond acceptors (Lipinski definition) is 2. The van der Waals surface area contributed by atoms with E-state index in [1.807, 2.05) is 6.07 Å². The van der Waals surface area contributed by atoms with Gasteiger partial charge in [0.1, 0.15) is 0 Å². The monoisotopic (exact) mass is 207 g/mol. The Kier molecular flexibility index (Phi) is 6.30. The van der Waals surface area contributed by atoms with Gasteiger partial charge < -0.3 is 0 Å². The number of halogens is 1. The molecule has 0 spiro atoms. The molecule has 0 aliphatic rings. The SMILES string of the molecule is N#Cc1[c-]csc1.[Cl][Zn+]. The van der Waals surface area contributed by atoms with E-state index in [9.17, 15) is 0 Å². The van der Waals surface area contributed by atoms with Crippen molar-refractivity contribution in [2.75, 3.05) is 0 Å². The molecule has 1 nitrogen and oxygen atoms in total. The summed E-state index contributed by atoms with van der Waals surface area (Å²) in [6.45, 7) is 0. The number of thiophene rings is 1. The van der Waals surface area contributed by atoms with E-state index in [1.54, 1.807) is 10.8 Å². The second kappa shape index (κ2) is 6.23. The first-order valence-electron chi connectivity index (χ1n) is 2.04. The Labute approximate surface area is 72.0 Å². The Bertz CT molecular complexity index is 179. The van der Waals surface area contributed by atoms with E-state index in [2.05, 4.69) is 6.07 Å². The van der Waals surface area contributed by atoms with E-state index in [1.165, 1.54) is 11.3 Å². The van der Waals surface area contributed by atoms with Gasteiger partial charge in [-0.1, -0.05) is 11.4 Å². The summed E-state index contributed by atoms with van der Waals surface area (Å²) in [6, 6.07) is 4.71. The zero-order chi connectivity index (χ0) is 7.11. The molecule has 0 aliphatic heterocycles. The van der Waals surface area contributed by atoms with Crippen molar-refractivity contribution >= 4 is 21.0 Å². The van der Waals surface area contributed by atoms with Gasteiger partial charge in [0.05, 0.1) is 0 Å². The van der Waals surface area contributed by atoms with Crippen LogP contribution in [-0.4, -0.2) is 0 Å². The zero-order valence-electron chi connectivity index (χ0n) is 4.60. The normalized spacial score (nSPS) is 6.89. The van der Waals surface area contributed by atoms with Gasteiger partial charge in [-0.2, -0.15) is 6.07 Å². The minimum absolute atomic E-state index is 0.630. The van der Waals surface area contributed by atoms with Gasteiger partial charge in [-0.15, -0.1) is 10.9 Å². The third kappa shape index (κ3) is 3.64. The molecular formula is C5H2ClNSZn. The Balaban J connectivity index is 0.000000291. The van der Waals surface area contributed by atoms with Crippen LogP contribution in [0.3, 0.4) is 0 Å². The van der Waals surface area contributed by atoms with E-state index in [4.69, 9.17) is 15.0 Å². The molecule has 0 aromatic carbocycles. The van der Waals surface area contributed by atoms with Gasteiger partial charge in [0.25, 0.3) is 0 Å². The van der Waals surface area contributed by atoms with Crippen LogP contribution in [0.1, 0.15) is 5.56 Å². The molecule has 1 rings (SSSR count). The van der Waals surface area contributed by atoms with Crippen LogP contribution in [0.15, 0.2) is 10.8 Å². The van der Waals surface area contributed by atoms with Crippen molar-refractivity contribution in [3.8, 4) is 6.07 Å². The van der Waals surface area contributed by atoms with E-state index >= 15 is 0 Å². The van der Waals surface area contributed by atoms with Crippen LogP contribution in [0.5, 0.6) is 0 Å². The molecule has 0 amide bonds. The van der Waals surface area contributed by atoms with Crippen LogP contribution in [0.2, 0.25) is 0 Å². The number of rotatable bonds is 0. The van der Waals surface area contributed by atoms with Crippen LogP contribution < -0.4 is 0 Å². The summed E-state index contributed by atoms with van der Waals surface area (Å²) < 4.78 is 0. The molecule has 0 radical (unpaired) electrons. The Morgan fingerprint density at radius 3 is 2.67 bits per heavy atom. The summed E-state index contributed by atoms with van der Waals surface area (Å²) in [6.07, 6.45) is 0. The average molecular weight is 209 g/mol. The summed E-state index contributed by atoms with van der Waals surface area (Å²) in [5, 5.41) is 11.7. The van der Waals surface area contributed by atoms with E-state index in [-0.39, 0.29) is 0 Å². The zero-order valence-corrected chi connectivity index (χ0v) is 9.13. The van der Waals surface area contributed by atoms with Gasteiger partial charge in [0.15, 0.2) is 0 Å². The van der Waals surface area contributed by atoms with Crippen LogP contribution in [-0.2, 0) is 17.3 Å². The minimum atomic E-state index is 0.630. The van der Waals surface area contributed by atoms with Crippen molar-refractivity contribution in [1.82, 2.24) is 0 Å². The molecule has 4 heteroatoms. The average Bonchev–Trinajstić information content (AvgIpc) is 2.43. The molecule has 0 unspecified atom stereocenters. The first kappa shape index (κ1) is 9.10. The van der Waals surface area contributed by atoms with Crippen molar-refractivity contribution in [2.24, 2.45) is 0 Å². The molecule has 0 bridgehead atoms. The summed E-state index contributed by atoms with van der Waals surface area (Å²) in [5.74, 6) is 0. The molecule has 0 fully saturated rings. The summed E-state index contributed by atoms with van der Waals surface area (Å²) in [4.78, 5) is 0. The molecule has 1 heterocycles. The summed E-state index contributed by atoms with van der Waals surface area (Å²) in [5.41, 5.74) is 0.630. The van der Waals surface area contributed by atoms with E-state index in [0.717, 1.165) is 17.3 Å². The first-order valence-corrected chi connectivity index (χ1v) is 6.88. The third-order valence-electron chi connectivity index (χ3n) is 0.589. The number of hydrogen-bond donors (Lipinski definition) is 0. The van der Waals surface area contributed by atoms with Gasteiger partial charge >= 0.3 is 27.0 Å². The van der Waals surface area contributed by atoms with Crippen LogP contribution in [0.4, 0.5) is 0 Å². The maximum atomic E-state index is 8.15. The van der Waals surface area contributed by atoms with Gasteiger partial charge in [-0.25, -0.2) is 11.3 Å². The molecule has 0 N–H and O–H groups in total. The van der Waals surface area contributed by atoms with Gasteiger partial charge in [-0.3, -0.25) is 5.26 Å². The molecule has 9 heavy (non-hydrogen) atoms. The standard InChI is InChI=1S/C5H2NS.ClH.Zn/c6-3-5-1-2-7-4-5;;/h2,4H;1H;/q-1;;+2/p-1. The Morgan fingerprint density at radius 1 is 1.78 bits per heavy atom. The fourth-order valence-electron chi connectivity index (χ4n) is 0.292. The van der Waals surface area contributed by atoms with Crippen molar-refractivity contribution in [3.05, 3.63) is 22.4 Å². The second-order valence-corrected chi connectivity index (χ2v) is 1.79. The molecule has 1 aromatic heterocycles. The van der Waals surface area contributed by atoms with E-state index in [0.29, 0.717) is 5.56 Å². The maximum absolute atomic E-state index is 8.15. The fraction of sp³-hybridized carbons (Fsp3) is 0. The summed E-state index contributed by atoms with van der Waals surface area (Å²) in [7, 11) is 4.76.